The van der Waals surface area contributed by atoms with E-state index < -0.39 is 0 Å². The van der Waals surface area contributed by atoms with E-state index >= 15 is 0 Å². The average molecular weight is 281 g/mol. The molecule has 0 unspecified atom stereocenters. The van der Waals surface area contributed by atoms with Gasteiger partial charge in [-0.2, -0.15) is 0 Å². The largest absolute Gasteiger partial charge is 0.295 e. The van der Waals surface area contributed by atoms with E-state index in [1.54, 1.807) is 6.08 Å². The third kappa shape index (κ3) is 5.26. The van der Waals surface area contributed by atoms with Crippen LogP contribution in [0.1, 0.15) is 38.2 Å². The van der Waals surface area contributed by atoms with Crippen molar-refractivity contribution in [3.05, 3.63) is 40.4 Å². The molecule has 0 aliphatic heterocycles. The maximum atomic E-state index is 11.5. The van der Waals surface area contributed by atoms with E-state index in [4.69, 9.17) is 0 Å². The number of ketones is 1. The molecule has 16 heavy (non-hydrogen) atoms. The Morgan fingerprint density at radius 2 is 2.19 bits per heavy atom. The molecule has 0 aromatic heterocycles. The molecule has 0 heterocycles. The molecule has 86 valence electrons. The van der Waals surface area contributed by atoms with Gasteiger partial charge < -0.3 is 0 Å². The zero-order valence-corrected chi connectivity index (χ0v) is 11.2. The first-order chi connectivity index (χ1) is 7.72. The van der Waals surface area contributed by atoms with Gasteiger partial charge in [0.25, 0.3) is 0 Å². The van der Waals surface area contributed by atoms with Crippen molar-refractivity contribution in [3.63, 3.8) is 0 Å². The molecule has 0 aliphatic rings. The lowest BCUT2D eigenvalue weighted by atomic mass is 10.1. The van der Waals surface area contributed by atoms with Crippen LogP contribution in [0, 0.1) is 0 Å². The summed E-state index contributed by atoms with van der Waals surface area (Å²) in [6.07, 6.45) is 7.51. The van der Waals surface area contributed by atoms with Crippen molar-refractivity contribution in [2.24, 2.45) is 0 Å². The number of allylic oxidation sites excluding steroid dienone is 1. The highest BCUT2D eigenvalue weighted by Crippen LogP contribution is 2.13. The van der Waals surface area contributed by atoms with Crippen molar-refractivity contribution in [1.82, 2.24) is 0 Å². The van der Waals surface area contributed by atoms with Gasteiger partial charge in [-0.05, 0) is 30.2 Å². The minimum Gasteiger partial charge on any atom is -0.295 e. The molecule has 0 amide bonds. The molecule has 0 aliphatic carbocycles. The summed E-state index contributed by atoms with van der Waals surface area (Å²) >= 11 is 3.40. The number of hydrogen-bond donors (Lipinski definition) is 0. The predicted octanol–water partition coefficient (Wildman–Crippen LogP) is 4.61. The summed E-state index contributed by atoms with van der Waals surface area (Å²) in [5.74, 6) is 0.216. The normalized spacial score (nSPS) is 10.9. The first-order valence-corrected chi connectivity index (χ1v) is 6.48. The highest BCUT2D eigenvalue weighted by atomic mass is 79.9. The summed E-state index contributed by atoms with van der Waals surface area (Å²) < 4.78 is 1.04. The van der Waals surface area contributed by atoms with Gasteiger partial charge in [-0.15, -0.1) is 0 Å². The molecule has 1 aromatic carbocycles. The third-order valence-corrected chi connectivity index (χ3v) is 2.83. The van der Waals surface area contributed by atoms with Crippen molar-refractivity contribution >= 4 is 27.8 Å². The Labute approximate surface area is 106 Å². The van der Waals surface area contributed by atoms with E-state index in [2.05, 4.69) is 22.9 Å². The molecule has 2 heteroatoms. The second-order valence-electron chi connectivity index (χ2n) is 3.81. The lowest BCUT2D eigenvalue weighted by molar-refractivity contribution is -0.114. The zero-order chi connectivity index (χ0) is 11.8. The molecule has 0 radical (unpaired) electrons. The highest BCUT2D eigenvalue weighted by molar-refractivity contribution is 9.10. The highest BCUT2D eigenvalue weighted by Gasteiger charge is 1.96. The number of unbranched alkanes of at least 4 members (excludes halogenated alkanes) is 2. The first-order valence-electron chi connectivity index (χ1n) is 5.69. The van der Waals surface area contributed by atoms with Gasteiger partial charge in [0.15, 0.2) is 5.78 Å². The van der Waals surface area contributed by atoms with Gasteiger partial charge in [0.1, 0.15) is 0 Å². The first kappa shape index (κ1) is 13.2. The van der Waals surface area contributed by atoms with Crippen LogP contribution in [0.4, 0.5) is 0 Å². The standard InChI is InChI=1S/C14H17BrO/c1-2-3-4-8-14(16)10-9-12-6-5-7-13(15)11-12/h5-7,9-11H,2-4,8H2,1H3/b10-9+. The molecule has 0 fully saturated rings. The Morgan fingerprint density at radius 3 is 2.88 bits per heavy atom. The SMILES string of the molecule is CCCCCC(=O)/C=C/c1cccc(Br)c1. The van der Waals surface area contributed by atoms with Crippen LogP contribution < -0.4 is 0 Å². The number of rotatable bonds is 6. The summed E-state index contributed by atoms with van der Waals surface area (Å²) in [6.45, 7) is 2.14. The monoisotopic (exact) mass is 280 g/mol. The molecule has 0 spiro atoms. The molecule has 0 bridgehead atoms. The fourth-order valence-corrected chi connectivity index (χ4v) is 1.85. The van der Waals surface area contributed by atoms with E-state index in [-0.39, 0.29) is 5.78 Å². The van der Waals surface area contributed by atoms with Gasteiger partial charge in [0.05, 0.1) is 0 Å². The number of carbonyl (C=O) groups is 1. The second kappa shape index (κ2) is 7.39. The van der Waals surface area contributed by atoms with E-state index in [0.717, 1.165) is 29.3 Å². The zero-order valence-electron chi connectivity index (χ0n) is 9.58. The van der Waals surface area contributed by atoms with Crippen molar-refractivity contribution in [1.29, 1.82) is 0 Å². The minimum atomic E-state index is 0.216. The van der Waals surface area contributed by atoms with Gasteiger partial charge in [-0.3, -0.25) is 4.79 Å². The van der Waals surface area contributed by atoms with Gasteiger partial charge in [0.2, 0.25) is 0 Å². The minimum absolute atomic E-state index is 0.216. The van der Waals surface area contributed by atoms with Crippen LogP contribution in [-0.4, -0.2) is 5.78 Å². The Bertz CT molecular complexity index is 369. The summed E-state index contributed by atoms with van der Waals surface area (Å²) in [4.78, 5) is 11.5. The lowest BCUT2D eigenvalue weighted by Crippen LogP contribution is -1.91. The van der Waals surface area contributed by atoms with Crippen molar-refractivity contribution < 1.29 is 4.79 Å². The molecule has 0 atom stereocenters. The van der Waals surface area contributed by atoms with Gasteiger partial charge in [-0.25, -0.2) is 0 Å². The second-order valence-corrected chi connectivity index (χ2v) is 4.73. The Morgan fingerprint density at radius 1 is 1.38 bits per heavy atom. The van der Waals surface area contributed by atoms with Crippen LogP contribution in [0.3, 0.4) is 0 Å². The number of carbonyl (C=O) groups excluding carboxylic acids is 1. The van der Waals surface area contributed by atoms with Crippen LogP contribution in [0.2, 0.25) is 0 Å². The Kier molecular flexibility index (Phi) is 6.09. The number of halogens is 1. The van der Waals surface area contributed by atoms with Crippen LogP contribution in [0.5, 0.6) is 0 Å². The Hall–Kier alpha value is -0.890. The predicted molar refractivity (Wildman–Crippen MR) is 72.3 cm³/mol. The number of benzene rings is 1. The fourth-order valence-electron chi connectivity index (χ4n) is 1.43. The topological polar surface area (TPSA) is 17.1 Å². The van der Waals surface area contributed by atoms with Gasteiger partial charge in [-0.1, -0.05) is 53.9 Å². The molecular weight excluding hydrogens is 264 g/mol. The molecule has 1 aromatic rings. The van der Waals surface area contributed by atoms with Crippen LogP contribution in [0.25, 0.3) is 6.08 Å². The van der Waals surface area contributed by atoms with E-state index in [1.165, 1.54) is 0 Å². The molecule has 0 saturated carbocycles. The fraction of sp³-hybridized carbons (Fsp3) is 0.357. The Balaban J connectivity index is 2.44. The maximum absolute atomic E-state index is 11.5. The number of hydrogen-bond acceptors (Lipinski definition) is 1. The quantitative estimate of drug-likeness (QED) is 0.549. The molecule has 0 N–H and O–H groups in total. The van der Waals surface area contributed by atoms with Crippen molar-refractivity contribution in [2.75, 3.05) is 0 Å². The van der Waals surface area contributed by atoms with E-state index in [9.17, 15) is 4.79 Å². The molecular formula is C14H17BrO. The maximum Gasteiger partial charge on any atom is 0.155 e. The van der Waals surface area contributed by atoms with Crippen molar-refractivity contribution in [2.45, 2.75) is 32.6 Å². The van der Waals surface area contributed by atoms with Gasteiger partial charge in [0, 0.05) is 10.9 Å². The summed E-state index contributed by atoms with van der Waals surface area (Å²) in [5.41, 5.74) is 1.05. The molecule has 1 rings (SSSR count). The van der Waals surface area contributed by atoms with Crippen molar-refractivity contribution in [3.8, 4) is 0 Å². The summed E-state index contributed by atoms with van der Waals surface area (Å²) in [5, 5.41) is 0. The van der Waals surface area contributed by atoms with E-state index in [1.807, 2.05) is 30.3 Å². The van der Waals surface area contributed by atoms with Crippen LogP contribution >= 0.6 is 15.9 Å². The van der Waals surface area contributed by atoms with E-state index in [0.29, 0.717) is 6.42 Å². The summed E-state index contributed by atoms with van der Waals surface area (Å²) in [6, 6.07) is 7.92. The van der Waals surface area contributed by atoms with Gasteiger partial charge >= 0.3 is 0 Å². The summed E-state index contributed by atoms with van der Waals surface area (Å²) in [7, 11) is 0. The average Bonchev–Trinajstić information content (AvgIpc) is 2.27. The molecule has 0 saturated heterocycles. The smallest absolute Gasteiger partial charge is 0.155 e. The van der Waals surface area contributed by atoms with Crippen LogP contribution in [-0.2, 0) is 4.79 Å². The molecule has 1 nitrogen and oxygen atoms in total. The lowest BCUT2D eigenvalue weighted by Gasteiger charge is -1.95. The third-order valence-electron chi connectivity index (χ3n) is 2.34. The van der Waals surface area contributed by atoms with Crippen LogP contribution in [0.15, 0.2) is 34.8 Å².